The molecule has 2 fully saturated rings. The zero-order chi connectivity index (χ0) is 13.0. The molecule has 2 saturated heterocycles. The van der Waals surface area contributed by atoms with Crippen LogP contribution >= 0.6 is 0 Å². The SMILES string of the molecule is O=C(O)CC1CCN(C(=O)C2CCCCO2)CC1. The van der Waals surface area contributed by atoms with Gasteiger partial charge in [-0.2, -0.15) is 0 Å². The van der Waals surface area contributed by atoms with E-state index in [1.165, 1.54) is 0 Å². The number of carboxylic acid groups (broad SMARTS) is 1. The van der Waals surface area contributed by atoms with Crippen molar-refractivity contribution in [1.82, 2.24) is 4.90 Å². The summed E-state index contributed by atoms with van der Waals surface area (Å²) in [5.74, 6) is -0.419. The highest BCUT2D eigenvalue weighted by atomic mass is 16.5. The van der Waals surface area contributed by atoms with Crippen LogP contribution in [0.5, 0.6) is 0 Å². The average molecular weight is 255 g/mol. The Bertz CT molecular complexity index is 304. The van der Waals surface area contributed by atoms with Crippen molar-refractivity contribution in [3.05, 3.63) is 0 Å². The summed E-state index contributed by atoms with van der Waals surface area (Å²) in [5.41, 5.74) is 0. The molecule has 0 aromatic heterocycles. The lowest BCUT2D eigenvalue weighted by Crippen LogP contribution is -2.45. The normalized spacial score (nSPS) is 26.0. The number of hydrogen-bond acceptors (Lipinski definition) is 3. The number of nitrogens with zero attached hydrogens (tertiary/aromatic N) is 1. The summed E-state index contributed by atoms with van der Waals surface area (Å²) in [5, 5.41) is 8.74. The number of carbonyl (C=O) groups is 2. The van der Waals surface area contributed by atoms with Gasteiger partial charge in [0.2, 0.25) is 0 Å². The standard InChI is InChI=1S/C13H21NO4/c15-12(16)9-10-4-6-14(7-5-10)13(17)11-3-1-2-8-18-11/h10-11H,1-9H2,(H,15,16). The molecule has 1 N–H and O–H groups in total. The van der Waals surface area contributed by atoms with Crippen LogP contribution in [0.2, 0.25) is 0 Å². The smallest absolute Gasteiger partial charge is 0.303 e. The van der Waals surface area contributed by atoms with Crippen molar-refractivity contribution in [2.75, 3.05) is 19.7 Å². The topological polar surface area (TPSA) is 66.8 Å². The second-order valence-electron chi connectivity index (χ2n) is 5.22. The fourth-order valence-electron chi connectivity index (χ4n) is 2.74. The van der Waals surface area contributed by atoms with E-state index >= 15 is 0 Å². The molecule has 18 heavy (non-hydrogen) atoms. The van der Waals surface area contributed by atoms with E-state index in [-0.39, 0.29) is 24.3 Å². The number of ether oxygens (including phenoxy) is 1. The number of aliphatic carboxylic acids is 1. The van der Waals surface area contributed by atoms with Gasteiger partial charge in [-0.3, -0.25) is 9.59 Å². The van der Waals surface area contributed by atoms with Gasteiger partial charge >= 0.3 is 5.97 Å². The van der Waals surface area contributed by atoms with E-state index in [1.54, 1.807) is 0 Å². The summed E-state index contributed by atoms with van der Waals surface area (Å²) in [7, 11) is 0. The second kappa shape index (κ2) is 6.18. The van der Waals surface area contributed by atoms with Crippen LogP contribution in [0.15, 0.2) is 0 Å². The molecule has 1 amide bonds. The van der Waals surface area contributed by atoms with Crippen LogP contribution in [0, 0.1) is 5.92 Å². The number of hydrogen-bond donors (Lipinski definition) is 1. The molecule has 5 nitrogen and oxygen atoms in total. The largest absolute Gasteiger partial charge is 0.481 e. The van der Waals surface area contributed by atoms with Crippen molar-refractivity contribution >= 4 is 11.9 Å². The van der Waals surface area contributed by atoms with Crippen molar-refractivity contribution in [3.8, 4) is 0 Å². The van der Waals surface area contributed by atoms with E-state index in [1.807, 2.05) is 4.90 Å². The molecule has 0 aliphatic carbocycles. The molecule has 0 spiro atoms. The molecule has 0 radical (unpaired) electrons. The molecular weight excluding hydrogens is 234 g/mol. The lowest BCUT2D eigenvalue weighted by Gasteiger charge is -2.34. The van der Waals surface area contributed by atoms with Crippen LogP contribution < -0.4 is 0 Å². The molecule has 102 valence electrons. The van der Waals surface area contributed by atoms with Crippen LogP contribution in [0.25, 0.3) is 0 Å². The van der Waals surface area contributed by atoms with E-state index in [9.17, 15) is 9.59 Å². The van der Waals surface area contributed by atoms with Gasteiger partial charge in [0.1, 0.15) is 6.10 Å². The third-order valence-electron chi connectivity index (χ3n) is 3.84. The van der Waals surface area contributed by atoms with Crippen LogP contribution in [0.3, 0.4) is 0 Å². The zero-order valence-corrected chi connectivity index (χ0v) is 10.6. The number of likely N-dealkylation sites (tertiary alicyclic amines) is 1. The quantitative estimate of drug-likeness (QED) is 0.824. The molecule has 2 rings (SSSR count). The van der Waals surface area contributed by atoms with E-state index in [0.29, 0.717) is 19.7 Å². The molecule has 0 aromatic rings. The molecule has 1 unspecified atom stereocenters. The molecular formula is C13H21NO4. The first-order valence-electron chi connectivity index (χ1n) is 6.79. The highest BCUT2D eigenvalue weighted by Crippen LogP contribution is 2.23. The monoisotopic (exact) mass is 255 g/mol. The summed E-state index contributed by atoms with van der Waals surface area (Å²) in [6, 6.07) is 0. The minimum absolute atomic E-state index is 0.100. The van der Waals surface area contributed by atoms with Gasteiger partial charge < -0.3 is 14.7 Å². The highest BCUT2D eigenvalue weighted by molar-refractivity contribution is 5.81. The summed E-state index contributed by atoms with van der Waals surface area (Å²) in [4.78, 5) is 24.6. The summed E-state index contributed by atoms with van der Waals surface area (Å²) < 4.78 is 5.50. The predicted octanol–water partition coefficient (Wildman–Crippen LogP) is 1.27. The molecule has 2 aliphatic heterocycles. The summed E-state index contributed by atoms with van der Waals surface area (Å²) in [6.45, 7) is 2.04. The second-order valence-corrected chi connectivity index (χ2v) is 5.22. The zero-order valence-electron chi connectivity index (χ0n) is 10.6. The lowest BCUT2D eigenvalue weighted by atomic mass is 9.93. The van der Waals surface area contributed by atoms with Gasteiger partial charge in [0, 0.05) is 26.1 Å². The summed E-state index contributed by atoms with van der Waals surface area (Å²) >= 11 is 0. The highest BCUT2D eigenvalue weighted by Gasteiger charge is 2.30. The molecule has 0 bridgehead atoms. The van der Waals surface area contributed by atoms with Gasteiger partial charge in [0.05, 0.1) is 0 Å². The number of carbonyl (C=O) groups excluding carboxylic acids is 1. The number of piperidine rings is 1. The van der Waals surface area contributed by atoms with Crippen molar-refractivity contribution < 1.29 is 19.4 Å². The van der Waals surface area contributed by atoms with Crippen molar-refractivity contribution in [1.29, 1.82) is 0 Å². The van der Waals surface area contributed by atoms with Gasteiger partial charge in [-0.1, -0.05) is 0 Å². The summed E-state index contributed by atoms with van der Waals surface area (Å²) in [6.07, 6.45) is 4.50. The Balaban J connectivity index is 1.78. The van der Waals surface area contributed by atoms with E-state index in [2.05, 4.69) is 0 Å². The Labute approximate surface area is 107 Å². The molecule has 5 heteroatoms. The Kier molecular flexibility index (Phi) is 4.58. The number of carboxylic acids is 1. The Morgan fingerprint density at radius 1 is 1.17 bits per heavy atom. The Hall–Kier alpha value is -1.10. The molecule has 0 saturated carbocycles. The third kappa shape index (κ3) is 3.45. The first-order chi connectivity index (χ1) is 8.66. The minimum Gasteiger partial charge on any atom is -0.481 e. The minimum atomic E-state index is -0.740. The van der Waals surface area contributed by atoms with Crippen LogP contribution in [0.4, 0.5) is 0 Å². The van der Waals surface area contributed by atoms with Gasteiger partial charge in [-0.15, -0.1) is 0 Å². The predicted molar refractivity (Wildman–Crippen MR) is 65.1 cm³/mol. The van der Waals surface area contributed by atoms with Gasteiger partial charge in [-0.25, -0.2) is 0 Å². The first kappa shape index (κ1) is 13.3. The van der Waals surface area contributed by atoms with Crippen LogP contribution in [0.1, 0.15) is 38.5 Å². The molecule has 0 aromatic carbocycles. The first-order valence-corrected chi connectivity index (χ1v) is 6.79. The van der Waals surface area contributed by atoms with Gasteiger partial charge in [0.15, 0.2) is 0 Å². The molecule has 1 atom stereocenters. The van der Waals surface area contributed by atoms with Gasteiger partial charge in [0.25, 0.3) is 5.91 Å². The van der Waals surface area contributed by atoms with Crippen LogP contribution in [-0.4, -0.2) is 47.7 Å². The maximum absolute atomic E-state index is 12.2. The molecule has 2 heterocycles. The fraction of sp³-hybridized carbons (Fsp3) is 0.846. The maximum Gasteiger partial charge on any atom is 0.303 e. The number of rotatable bonds is 3. The fourth-order valence-corrected chi connectivity index (χ4v) is 2.74. The maximum atomic E-state index is 12.2. The van der Waals surface area contributed by atoms with Crippen molar-refractivity contribution in [2.45, 2.75) is 44.6 Å². The van der Waals surface area contributed by atoms with Crippen molar-refractivity contribution in [3.63, 3.8) is 0 Å². The third-order valence-corrected chi connectivity index (χ3v) is 3.84. The average Bonchev–Trinajstić information content (AvgIpc) is 2.39. The number of amides is 1. The van der Waals surface area contributed by atoms with Crippen molar-refractivity contribution in [2.24, 2.45) is 5.92 Å². The Morgan fingerprint density at radius 2 is 1.89 bits per heavy atom. The van der Waals surface area contributed by atoms with E-state index < -0.39 is 5.97 Å². The van der Waals surface area contributed by atoms with E-state index in [4.69, 9.17) is 9.84 Å². The van der Waals surface area contributed by atoms with E-state index in [0.717, 1.165) is 32.1 Å². The lowest BCUT2D eigenvalue weighted by molar-refractivity contribution is -0.148. The Morgan fingerprint density at radius 3 is 2.44 bits per heavy atom. The molecule has 2 aliphatic rings. The van der Waals surface area contributed by atoms with Gasteiger partial charge in [-0.05, 0) is 38.0 Å². The van der Waals surface area contributed by atoms with Crippen LogP contribution in [-0.2, 0) is 14.3 Å².